The number of amides is 2. The second-order valence-corrected chi connectivity index (χ2v) is 8.56. The van der Waals surface area contributed by atoms with Crippen molar-refractivity contribution in [1.29, 1.82) is 0 Å². The van der Waals surface area contributed by atoms with Gasteiger partial charge in [-0.05, 0) is 42.2 Å². The zero-order chi connectivity index (χ0) is 23.4. The molecule has 0 spiro atoms. The van der Waals surface area contributed by atoms with Gasteiger partial charge in [0.25, 0.3) is 5.91 Å². The molecular weight excluding hydrogens is 420 g/mol. The molecule has 2 aliphatic rings. The molecule has 33 heavy (non-hydrogen) atoms. The van der Waals surface area contributed by atoms with E-state index in [2.05, 4.69) is 0 Å². The molecule has 0 saturated carbocycles. The van der Waals surface area contributed by atoms with Crippen LogP contribution in [0.3, 0.4) is 0 Å². The molecule has 2 aromatic carbocycles. The molecule has 0 N–H and O–H groups in total. The molecule has 2 aliphatic heterocycles. The zero-order valence-corrected chi connectivity index (χ0v) is 19.6. The minimum Gasteiger partial charge on any atom is -0.493 e. The average molecular weight is 453 g/mol. The Morgan fingerprint density at radius 1 is 0.939 bits per heavy atom. The maximum absolute atomic E-state index is 13.4. The lowest BCUT2D eigenvalue weighted by molar-refractivity contribution is -0.132. The van der Waals surface area contributed by atoms with Crippen molar-refractivity contribution in [1.82, 2.24) is 9.80 Å². The summed E-state index contributed by atoms with van der Waals surface area (Å²) in [5, 5.41) is 0. The molecule has 176 valence electrons. The number of carbonyl (C=O) groups excluding carboxylic acids is 2. The van der Waals surface area contributed by atoms with Gasteiger partial charge in [-0.25, -0.2) is 0 Å². The van der Waals surface area contributed by atoms with E-state index in [0.29, 0.717) is 29.4 Å². The van der Waals surface area contributed by atoms with Crippen LogP contribution in [0, 0.1) is 0 Å². The number of nitrogens with zero attached hydrogens (tertiary/aromatic N) is 2. The van der Waals surface area contributed by atoms with Crippen molar-refractivity contribution in [3.05, 3.63) is 53.1 Å². The molecule has 0 bridgehead atoms. The fourth-order valence-corrected chi connectivity index (χ4v) is 4.84. The molecule has 1 atom stereocenters. The summed E-state index contributed by atoms with van der Waals surface area (Å²) in [4.78, 5) is 30.5. The maximum Gasteiger partial charge on any atom is 0.255 e. The Morgan fingerprint density at radius 2 is 1.58 bits per heavy atom. The number of hydrogen-bond acceptors (Lipinski definition) is 5. The molecule has 4 rings (SSSR count). The molecule has 1 saturated heterocycles. The first-order valence-electron chi connectivity index (χ1n) is 11.5. The zero-order valence-electron chi connectivity index (χ0n) is 19.6. The minimum absolute atomic E-state index is 0.0620. The Labute approximate surface area is 195 Å². The van der Waals surface area contributed by atoms with E-state index < -0.39 is 6.04 Å². The molecule has 7 nitrogen and oxygen atoms in total. The van der Waals surface area contributed by atoms with Crippen LogP contribution in [0.4, 0.5) is 0 Å². The first-order chi connectivity index (χ1) is 16.1. The topological polar surface area (TPSA) is 68.3 Å². The fraction of sp³-hybridized carbons (Fsp3) is 0.462. The molecule has 2 aromatic rings. The van der Waals surface area contributed by atoms with Crippen molar-refractivity contribution in [3.8, 4) is 17.2 Å². The number of methoxy groups -OCH3 is 3. The predicted octanol–water partition coefficient (Wildman–Crippen LogP) is 4.20. The molecule has 7 heteroatoms. The molecule has 0 aromatic heterocycles. The van der Waals surface area contributed by atoms with E-state index in [4.69, 9.17) is 14.2 Å². The van der Waals surface area contributed by atoms with Crippen molar-refractivity contribution in [2.24, 2.45) is 0 Å². The summed E-state index contributed by atoms with van der Waals surface area (Å²) in [6.45, 7) is 2.01. The van der Waals surface area contributed by atoms with Crippen molar-refractivity contribution >= 4 is 11.8 Å². The second kappa shape index (κ2) is 10.1. The Kier molecular flexibility index (Phi) is 7.06. The van der Waals surface area contributed by atoms with Gasteiger partial charge in [0.2, 0.25) is 11.7 Å². The van der Waals surface area contributed by atoms with Gasteiger partial charge in [0, 0.05) is 25.2 Å². The highest BCUT2D eigenvalue weighted by Gasteiger charge is 2.36. The van der Waals surface area contributed by atoms with Gasteiger partial charge in [-0.15, -0.1) is 0 Å². The van der Waals surface area contributed by atoms with E-state index in [0.717, 1.165) is 49.9 Å². The Bertz CT molecular complexity index is 988. The third-order valence-corrected chi connectivity index (χ3v) is 6.62. The van der Waals surface area contributed by atoms with E-state index in [1.54, 1.807) is 26.2 Å². The summed E-state index contributed by atoms with van der Waals surface area (Å²) in [5.41, 5.74) is 2.45. The molecule has 2 amide bonds. The number of carbonyl (C=O) groups is 2. The molecule has 0 aliphatic carbocycles. The number of ether oxygens (including phenoxy) is 3. The summed E-state index contributed by atoms with van der Waals surface area (Å²) in [6, 6.07) is 10.9. The molecule has 1 unspecified atom stereocenters. The highest BCUT2D eigenvalue weighted by atomic mass is 16.5. The van der Waals surface area contributed by atoms with Crippen LogP contribution in [0.2, 0.25) is 0 Å². The Morgan fingerprint density at radius 3 is 2.15 bits per heavy atom. The van der Waals surface area contributed by atoms with Crippen LogP contribution in [0.15, 0.2) is 36.4 Å². The van der Waals surface area contributed by atoms with Crippen LogP contribution in [-0.4, -0.2) is 56.0 Å². The monoisotopic (exact) mass is 452 g/mol. The van der Waals surface area contributed by atoms with E-state index in [1.807, 2.05) is 41.3 Å². The summed E-state index contributed by atoms with van der Waals surface area (Å²) >= 11 is 0. The summed E-state index contributed by atoms with van der Waals surface area (Å²) in [7, 11) is 4.69. The minimum atomic E-state index is -0.450. The van der Waals surface area contributed by atoms with Crippen LogP contribution in [0.25, 0.3) is 0 Å². The van der Waals surface area contributed by atoms with E-state index >= 15 is 0 Å². The number of fused-ring (bicyclic) bond motifs is 1. The van der Waals surface area contributed by atoms with E-state index in [-0.39, 0.29) is 18.2 Å². The van der Waals surface area contributed by atoms with E-state index in [9.17, 15) is 9.59 Å². The quantitative estimate of drug-likeness (QED) is 0.630. The normalized spacial score (nSPS) is 16.8. The van der Waals surface area contributed by atoms with Crippen LogP contribution >= 0.6 is 0 Å². The van der Waals surface area contributed by atoms with Crippen LogP contribution in [-0.2, 0) is 11.3 Å². The maximum atomic E-state index is 13.4. The molecule has 2 heterocycles. The lowest BCUT2D eigenvalue weighted by atomic mass is 9.99. The Balaban J connectivity index is 1.72. The van der Waals surface area contributed by atoms with Gasteiger partial charge in [-0.3, -0.25) is 9.59 Å². The van der Waals surface area contributed by atoms with Gasteiger partial charge < -0.3 is 24.0 Å². The summed E-state index contributed by atoms with van der Waals surface area (Å²) < 4.78 is 16.6. The van der Waals surface area contributed by atoms with Crippen molar-refractivity contribution in [3.63, 3.8) is 0 Å². The number of likely N-dealkylation sites (tertiary alicyclic amines) is 1. The molecule has 0 radical (unpaired) electrons. The second-order valence-electron chi connectivity index (χ2n) is 8.56. The highest BCUT2D eigenvalue weighted by Crippen LogP contribution is 2.43. The van der Waals surface area contributed by atoms with Gasteiger partial charge >= 0.3 is 0 Å². The van der Waals surface area contributed by atoms with Gasteiger partial charge in [-0.2, -0.15) is 0 Å². The van der Waals surface area contributed by atoms with Gasteiger partial charge in [-0.1, -0.05) is 31.0 Å². The third kappa shape index (κ3) is 4.63. The smallest absolute Gasteiger partial charge is 0.255 e. The van der Waals surface area contributed by atoms with E-state index in [1.165, 1.54) is 0 Å². The highest BCUT2D eigenvalue weighted by molar-refractivity contribution is 5.99. The first-order valence-corrected chi connectivity index (χ1v) is 11.5. The van der Waals surface area contributed by atoms with Gasteiger partial charge in [0.1, 0.15) is 0 Å². The fourth-order valence-electron chi connectivity index (χ4n) is 4.84. The number of benzene rings is 2. The van der Waals surface area contributed by atoms with Crippen LogP contribution in [0.5, 0.6) is 17.2 Å². The van der Waals surface area contributed by atoms with Crippen molar-refractivity contribution in [2.75, 3.05) is 34.4 Å². The summed E-state index contributed by atoms with van der Waals surface area (Å²) in [6.07, 6.45) is 4.56. The molecule has 1 fully saturated rings. The number of hydrogen-bond donors (Lipinski definition) is 0. The lowest BCUT2D eigenvalue weighted by Crippen LogP contribution is -2.37. The van der Waals surface area contributed by atoms with Gasteiger partial charge in [0.05, 0.1) is 33.8 Å². The van der Waals surface area contributed by atoms with Crippen molar-refractivity contribution in [2.45, 2.75) is 44.7 Å². The first kappa shape index (κ1) is 23.0. The number of rotatable bonds is 7. The van der Waals surface area contributed by atoms with Crippen molar-refractivity contribution < 1.29 is 23.8 Å². The third-order valence-electron chi connectivity index (χ3n) is 6.62. The standard InChI is InChI=1S/C26H32N2O5/c1-31-22-14-19(15-23(32-2)25(22)33-3)21(16-24(29)27-12-8-4-5-9-13-27)28-17-18-10-6-7-11-20(18)26(28)30/h6-7,10-11,14-15,21H,4-5,8-9,12-13,16-17H2,1-3H3. The van der Waals surface area contributed by atoms with Crippen LogP contribution in [0.1, 0.15) is 59.6 Å². The SMILES string of the molecule is COc1cc(C(CC(=O)N2CCCCCC2)N2Cc3ccccc3C2=O)cc(OC)c1OC. The largest absolute Gasteiger partial charge is 0.493 e. The molecular formula is C26H32N2O5. The lowest BCUT2D eigenvalue weighted by Gasteiger charge is -2.31. The average Bonchev–Trinajstić information content (AvgIpc) is 3.01. The summed E-state index contributed by atoms with van der Waals surface area (Å²) in [5.74, 6) is 1.50. The van der Waals surface area contributed by atoms with Crippen LogP contribution < -0.4 is 14.2 Å². The Hall–Kier alpha value is -3.22. The predicted molar refractivity (Wildman–Crippen MR) is 125 cm³/mol. The van der Waals surface area contributed by atoms with Gasteiger partial charge in [0.15, 0.2) is 11.5 Å².